The molecule has 0 saturated carbocycles. The van der Waals surface area contributed by atoms with Crippen molar-refractivity contribution in [2.24, 2.45) is 0 Å². The number of hydrogen-bond donors (Lipinski definition) is 0. The summed E-state index contributed by atoms with van der Waals surface area (Å²) in [5.74, 6) is 1.18. The zero-order valence-electron chi connectivity index (χ0n) is 10.6. The number of benzene rings is 1. The van der Waals surface area contributed by atoms with Crippen LogP contribution in [0.5, 0.6) is 0 Å². The lowest BCUT2D eigenvalue weighted by molar-refractivity contribution is -0.586. The van der Waals surface area contributed by atoms with E-state index in [1.54, 1.807) is 0 Å². The van der Waals surface area contributed by atoms with E-state index in [0.717, 1.165) is 27.7 Å². The third-order valence-electron chi connectivity index (χ3n) is 3.66. The minimum absolute atomic E-state index is 0.375. The highest BCUT2D eigenvalue weighted by molar-refractivity contribution is 7.99. The molecule has 1 aliphatic heterocycles. The molecule has 0 spiro atoms. The Hall–Kier alpha value is -1.22. The molecule has 1 unspecified atom stereocenters. The van der Waals surface area contributed by atoms with Crippen LogP contribution in [0.2, 0.25) is 0 Å². The van der Waals surface area contributed by atoms with Crippen molar-refractivity contribution in [2.45, 2.75) is 31.4 Å². The molecule has 1 atom stereocenters. The summed E-state index contributed by atoms with van der Waals surface area (Å²) in [6.07, 6.45) is 3.65. The van der Waals surface area contributed by atoms with Gasteiger partial charge in [0.05, 0.1) is 10.6 Å². The third kappa shape index (κ3) is 1.97. The van der Waals surface area contributed by atoms with E-state index in [9.17, 15) is 5.21 Å². The predicted molar refractivity (Wildman–Crippen MR) is 76.7 cm³/mol. The molecule has 2 heterocycles. The van der Waals surface area contributed by atoms with Crippen molar-refractivity contribution >= 4 is 22.7 Å². The van der Waals surface area contributed by atoms with Crippen LogP contribution in [0, 0.1) is 12.1 Å². The van der Waals surface area contributed by atoms with Crippen molar-refractivity contribution < 1.29 is 4.73 Å². The molecule has 1 fully saturated rings. The third-order valence-corrected chi connectivity index (χ3v) is 5.06. The monoisotopic (exact) mass is 259 g/mol. The van der Waals surface area contributed by atoms with Gasteiger partial charge < -0.3 is 5.21 Å². The molecule has 0 radical (unpaired) electrons. The van der Waals surface area contributed by atoms with Gasteiger partial charge in [-0.15, -0.1) is 11.8 Å². The molecule has 2 nitrogen and oxygen atoms in total. The van der Waals surface area contributed by atoms with Crippen molar-refractivity contribution in [2.75, 3.05) is 5.75 Å². The van der Waals surface area contributed by atoms with E-state index in [2.05, 4.69) is 13.0 Å². The molecule has 3 heteroatoms. The van der Waals surface area contributed by atoms with Gasteiger partial charge in [0.25, 0.3) is 0 Å². The predicted octanol–water partition coefficient (Wildman–Crippen LogP) is 3.74. The van der Waals surface area contributed by atoms with Gasteiger partial charge in [-0.1, -0.05) is 18.6 Å². The highest BCUT2D eigenvalue weighted by atomic mass is 32.2. The number of hydrogen-bond acceptors (Lipinski definition) is 2. The summed E-state index contributed by atoms with van der Waals surface area (Å²) in [7, 11) is 0. The Kier molecular flexibility index (Phi) is 3.16. The first-order valence-electron chi connectivity index (χ1n) is 6.51. The van der Waals surface area contributed by atoms with E-state index in [1.807, 2.05) is 36.0 Å². The van der Waals surface area contributed by atoms with Gasteiger partial charge in [-0.3, -0.25) is 0 Å². The Bertz CT molecular complexity index is 576. The molecule has 0 amide bonds. The van der Waals surface area contributed by atoms with Crippen LogP contribution in [-0.2, 0) is 0 Å². The average Bonchev–Trinajstić information content (AvgIpc) is 2.44. The van der Waals surface area contributed by atoms with Gasteiger partial charge in [0.2, 0.25) is 11.2 Å². The maximum absolute atomic E-state index is 12.5. The van der Waals surface area contributed by atoms with Crippen LogP contribution in [0.3, 0.4) is 0 Å². The molecule has 0 bridgehead atoms. The first-order chi connectivity index (χ1) is 8.77. The van der Waals surface area contributed by atoms with Crippen LogP contribution in [0.25, 0.3) is 10.9 Å². The highest BCUT2D eigenvalue weighted by Gasteiger charge is 2.25. The van der Waals surface area contributed by atoms with Gasteiger partial charge >= 0.3 is 0 Å². The SMILES string of the molecule is Cc1cc(C2CCCCS2)[n+]([O-])c2ccccc12. The summed E-state index contributed by atoms with van der Waals surface area (Å²) in [6.45, 7) is 2.10. The molecular formula is C15H17NOS. The van der Waals surface area contributed by atoms with E-state index in [1.165, 1.54) is 24.2 Å². The molecule has 1 saturated heterocycles. The van der Waals surface area contributed by atoms with Crippen molar-refractivity contribution in [3.05, 3.63) is 46.8 Å². The van der Waals surface area contributed by atoms with Crippen molar-refractivity contribution in [1.82, 2.24) is 0 Å². The van der Waals surface area contributed by atoms with E-state index in [4.69, 9.17) is 0 Å². The van der Waals surface area contributed by atoms with Crippen LogP contribution in [0.4, 0.5) is 0 Å². The molecule has 2 aromatic rings. The maximum atomic E-state index is 12.5. The number of aromatic nitrogens is 1. The summed E-state index contributed by atoms with van der Waals surface area (Å²) >= 11 is 1.93. The second-order valence-electron chi connectivity index (χ2n) is 4.92. The Labute approximate surface area is 112 Å². The topological polar surface area (TPSA) is 26.9 Å². The number of para-hydroxylation sites is 1. The molecule has 3 rings (SSSR count). The van der Waals surface area contributed by atoms with Crippen LogP contribution in [0.1, 0.15) is 35.8 Å². The molecule has 18 heavy (non-hydrogen) atoms. The van der Waals surface area contributed by atoms with Gasteiger partial charge in [0.15, 0.2) is 0 Å². The van der Waals surface area contributed by atoms with Crippen LogP contribution in [0.15, 0.2) is 30.3 Å². The van der Waals surface area contributed by atoms with Crippen LogP contribution >= 0.6 is 11.8 Å². The molecule has 1 aliphatic rings. The van der Waals surface area contributed by atoms with Gasteiger partial charge in [0.1, 0.15) is 0 Å². The second-order valence-corrected chi connectivity index (χ2v) is 6.23. The van der Waals surface area contributed by atoms with Gasteiger partial charge in [0, 0.05) is 12.1 Å². The lowest BCUT2D eigenvalue weighted by Gasteiger charge is -2.21. The minimum atomic E-state index is 0.375. The lowest BCUT2D eigenvalue weighted by atomic mass is 10.1. The normalized spacial score (nSPS) is 20.2. The molecule has 0 aliphatic carbocycles. The fourth-order valence-corrected chi connectivity index (χ4v) is 4.00. The number of nitrogens with zero attached hydrogens (tertiary/aromatic N) is 1. The largest absolute Gasteiger partial charge is 0.618 e. The lowest BCUT2D eigenvalue weighted by Crippen LogP contribution is -2.34. The molecule has 94 valence electrons. The standard InChI is InChI=1S/C15H17NOS/c1-11-10-14(15-8-4-5-9-18-15)16(17)13-7-3-2-6-12(11)13/h2-3,6-7,10,15H,4-5,8-9H2,1H3. The second kappa shape index (κ2) is 4.81. The highest BCUT2D eigenvalue weighted by Crippen LogP contribution is 2.37. The summed E-state index contributed by atoms with van der Waals surface area (Å²) in [5, 5.41) is 13.9. The first kappa shape index (κ1) is 11.8. The number of rotatable bonds is 1. The van der Waals surface area contributed by atoms with E-state index < -0.39 is 0 Å². The van der Waals surface area contributed by atoms with Gasteiger partial charge in [-0.2, -0.15) is 4.73 Å². The van der Waals surface area contributed by atoms with Crippen molar-refractivity contribution in [3.8, 4) is 0 Å². The smallest absolute Gasteiger partial charge is 0.224 e. The van der Waals surface area contributed by atoms with E-state index in [0.29, 0.717) is 5.25 Å². The van der Waals surface area contributed by atoms with Crippen molar-refractivity contribution in [3.63, 3.8) is 0 Å². The fourth-order valence-electron chi connectivity index (χ4n) is 2.68. The molecular weight excluding hydrogens is 242 g/mol. The van der Waals surface area contributed by atoms with Crippen molar-refractivity contribution in [1.29, 1.82) is 0 Å². The maximum Gasteiger partial charge on any atom is 0.224 e. The number of aryl methyl sites for hydroxylation is 1. The van der Waals surface area contributed by atoms with E-state index in [-0.39, 0.29) is 0 Å². The molecule has 1 aromatic carbocycles. The Morgan fingerprint density at radius 3 is 2.89 bits per heavy atom. The Balaban J connectivity index is 2.15. The van der Waals surface area contributed by atoms with Crippen LogP contribution in [-0.4, -0.2) is 5.75 Å². The van der Waals surface area contributed by atoms with Gasteiger partial charge in [-0.25, -0.2) is 0 Å². The summed E-state index contributed by atoms with van der Waals surface area (Å²) in [5.41, 5.74) is 2.95. The zero-order valence-corrected chi connectivity index (χ0v) is 11.4. The fraction of sp³-hybridized carbons (Fsp3) is 0.400. The average molecular weight is 259 g/mol. The van der Waals surface area contributed by atoms with E-state index >= 15 is 0 Å². The number of thioether (sulfide) groups is 1. The summed E-state index contributed by atoms with van der Waals surface area (Å²) in [4.78, 5) is 0. The summed E-state index contributed by atoms with van der Waals surface area (Å²) in [6, 6.07) is 9.96. The quantitative estimate of drug-likeness (QED) is 0.576. The van der Waals surface area contributed by atoms with Crippen LogP contribution < -0.4 is 4.73 Å². The molecule has 1 aromatic heterocycles. The first-order valence-corrected chi connectivity index (χ1v) is 7.55. The minimum Gasteiger partial charge on any atom is -0.618 e. The Morgan fingerprint density at radius 2 is 2.11 bits per heavy atom. The number of pyridine rings is 1. The zero-order chi connectivity index (χ0) is 12.5. The Morgan fingerprint density at radius 1 is 1.28 bits per heavy atom. The number of fused-ring (bicyclic) bond motifs is 1. The van der Waals surface area contributed by atoms with Gasteiger partial charge in [-0.05, 0) is 37.1 Å². The molecule has 0 N–H and O–H groups in total. The summed E-state index contributed by atoms with van der Waals surface area (Å²) < 4.78 is 1.14.